The molecule has 18 heavy (non-hydrogen) atoms. The molecule has 0 bridgehead atoms. The second-order valence-electron chi connectivity index (χ2n) is 4.47. The summed E-state index contributed by atoms with van der Waals surface area (Å²) in [6.07, 6.45) is 1.06. The van der Waals surface area contributed by atoms with E-state index in [2.05, 4.69) is 53.4 Å². The number of nitrogens with one attached hydrogen (secondary N) is 1. The van der Waals surface area contributed by atoms with Gasteiger partial charge in [0.25, 0.3) is 0 Å². The van der Waals surface area contributed by atoms with Gasteiger partial charge >= 0.3 is 0 Å². The third kappa shape index (κ3) is 3.00. The van der Waals surface area contributed by atoms with Crippen molar-refractivity contribution in [3.05, 3.63) is 39.3 Å². The van der Waals surface area contributed by atoms with Gasteiger partial charge in [-0.25, -0.2) is 0 Å². The lowest BCUT2D eigenvalue weighted by Crippen LogP contribution is -2.16. The summed E-state index contributed by atoms with van der Waals surface area (Å²) in [4.78, 5) is 1.40. The van der Waals surface area contributed by atoms with Crippen molar-refractivity contribution in [2.75, 3.05) is 6.54 Å². The Kier molecular flexibility index (Phi) is 4.55. The Balaban J connectivity index is 1.85. The molecule has 2 heterocycles. The van der Waals surface area contributed by atoms with Crippen molar-refractivity contribution in [1.82, 2.24) is 15.1 Å². The van der Waals surface area contributed by atoms with Gasteiger partial charge in [0.15, 0.2) is 0 Å². The van der Waals surface area contributed by atoms with E-state index in [9.17, 15) is 0 Å². The van der Waals surface area contributed by atoms with E-state index in [1.54, 1.807) is 11.3 Å². The Hall–Kier alpha value is -1.13. The molecular formula is C14H21N3S. The number of hydrogen-bond acceptors (Lipinski definition) is 3. The SMILES string of the molecule is CCn1nc(C)c(CCNCc2cccs2)c1C. The number of aryl methyl sites for hydroxylation is 2. The smallest absolute Gasteiger partial charge is 0.0628 e. The van der Waals surface area contributed by atoms with Crippen LogP contribution < -0.4 is 5.32 Å². The summed E-state index contributed by atoms with van der Waals surface area (Å²) >= 11 is 1.80. The molecule has 0 unspecified atom stereocenters. The maximum atomic E-state index is 4.55. The number of hydrogen-bond donors (Lipinski definition) is 1. The molecule has 0 saturated heterocycles. The first kappa shape index (κ1) is 13.3. The van der Waals surface area contributed by atoms with E-state index < -0.39 is 0 Å². The molecule has 0 aliphatic heterocycles. The minimum absolute atomic E-state index is 0.954. The zero-order chi connectivity index (χ0) is 13.0. The predicted octanol–water partition coefficient (Wildman–Crippen LogP) is 2.91. The molecule has 2 rings (SSSR count). The van der Waals surface area contributed by atoms with Crippen LogP contribution in [0.1, 0.15) is 28.8 Å². The fourth-order valence-electron chi connectivity index (χ4n) is 2.24. The first-order valence-electron chi connectivity index (χ1n) is 6.48. The molecule has 0 radical (unpaired) electrons. The van der Waals surface area contributed by atoms with Gasteiger partial charge in [-0.1, -0.05) is 6.07 Å². The molecule has 98 valence electrons. The van der Waals surface area contributed by atoms with Crippen molar-refractivity contribution in [3.63, 3.8) is 0 Å². The lowest BCUT2D eigenvalue weighted by molar-refractivity contribution is 0.632. The van der Waals surface area contributed by atoms with Gasteiger partial charge in [-0.15, -0.1) is 11.3 Å². The largest absolute Gasteiger partial charge is 0.312 e. The van der Waals surface area contributed by atoms with Crippen molar-refractivity contribution >= 4 is 11.3 Å². The normalized spacial score (nSPS) is 11.1. The fraction of sp³-hybridized carbons (Fsp3) is 0.500. The molecule has 4 heteroatoms. The minimum atomic E-state index is 0.954. The van der Waals surface area contributed by atoms with Crippen LogP contribution in [0.4, 0.5) is 0 Å². The molecule has 3 nitrogen and oxygen atoms in total. The number of rotatable bonds is 6. The molecule has 0 amide bonds. The topological polar surface area (TPSA) is 29.9 Å². The van der Waals surface area contributed by atoms with E-state index in [0.717, 1.165) is 26.1 Å². The van der Waals surface area contributed by atoms with Crippen LogP contribution in [0.5, 0.6) is 0 Å². The van der Waals surface area contributed by atoms with Crippen LogP contribution in [0, 0.1) is 13.8 Å². The average molecular weight is 263 g/mol. The molecule has 0 atom stereocenters. The summed E-state index contributed by atoms with van der Waals surface area (Å²) in [5, 5.41) is 10.2. The van der Waals surface area contributed by atoms with Crippen molar-refractivity contribution in [2.24, 2.45) is 0 Å². The van der Waals surface area contributed by atoms with Crippen LogP contribution in [-0.4, -0.2) is 16.3 Å². The van der Waals surface area contributed by atoms with Gasteiger partial charge in [-0.05, 0) is 50.7 Å². The molecule has 2 aromatic heterocycles. The van der Waals surface area contributed by atoms with Crippen LogP contribution in [0.15, 0.2) is 17.5 Å². The fourth-order valence-corrected chi connectivity index (χ4v) is 2.92. The maximum Gasteiger partial charge on any atom is 0.0628 e. The lowest BCUT2D eigenvalue weighted by Gasteiger charge is -2.04. The second kappa shape index (κ2) is 6.16. The van der Waals surface area contributed by atoms with Crippen molar-refractivity contribution < 1.29 is 0 Å². The minimum Gasteiger partial charge on any atom is -0.312 e. The summed E-state index contributed by atoms with van der Waals surface area (Å²) in [5.74, 6) is 0. The Morgan fingerprint density at radius 2 is 2.22 bits per heavy atom. The van der Waals surface area contributed by atoms with Crippen molar-refractivity contribution in [1.29, 1.82) is 0 Å². The third-order valence-corrected chi connectivity index (χ3v) is 4.14. The highest BCUT2D eigenvalue weighted by Crippen LogP contribution is 2.13. The van der Waals surface area contributed by atoms with E-state index in [-0.39, 0.29) is 0 Å². The van der Waals surface area contributed by atoms with Gasteiger partial charge < -0.3 is 5.32 Å². The van der Waals surface area contributed by atoms with Crippen molar-refractivity contribution in [3.8, 4) is 0 Å². The second-order valence-corrected chi connectivity index (χ2v) is 5.50. The lowest BCUT2D eigenvalue weighted by atomic mass is 10.1. The van der Waals surface area contributed by atoms with Gasteiger partial charge in [0.2, 0.25) is 0 Å². The van der Waals surface area contributed by atoms with E-state index in [4.69, 9.17) is 0 Å². The zero-order valence-corrected chi connectivity index (χ0v) is 12.2. The summed E-state index contributed by atoms with van der Waals surface area (Å²) in [5.41, 5.74) is 3.88. The summed E-state index contributed by atoms with van der Waals surface area (Å²) in [6.45, 7) is 9.34. The Labute approximate surface area is 113 Å². The number of thiophene rings is 1. The first-order chi connectivity index (χ1) is 8.72. The number of nitrogens with zero attached hydrogens (tertiary/aromatic N) is 2. The van der Waals surface area contributed by atoms with E-state index >= 15 is 0 Å². The molecule has 0 saturated carbocycles. The van der Waals surface area contributed by atoms with Gasteiger partial charge in [0.05, 0.1) is 5.69 Å². The Bertz CT molecular complexity index is 485. The quantitative estimate of drug-likeness (QED) is 0.812. The van der Waals surface area contributed by atoms with Gasteiger partial charge in [-0.3, -0.25) is 4.68 Å². The highest BCUT2D eigenvalue weighted by molar-refractivity contribution is 7.09. The van der Waals surface area contributed by atoms with Crippen LogP contribution in [0.2, 0.25) is 0 Å². The predicted molar refractivity (Wildman–Crippen MR) is 77.1 cm³/mol. The molecule has 1 N–H and O–H groups in total. The molecule has 0 fully saturated rings. The Morgan fingerprint density at radius 3 is 2.83 bits per heavy atom. The summed E-state index contributed by atoms with van der Waals surface area (Å²) in [6, 6.07) is 4.27. The summed E-state index contributed by atoms with van der Waals surface area (Å²) in [7, 11) is 0. The summed E-state index contributed by atoms with van der Waals surface area (Å²) < 4.78 is 2.09. The molecule has 2 aromatic rings. The zero-order valence-electron chi connectivity index (χ0n) is 11.4. The monoisotopic (exact) mass is 263 g/mol. The van der Waals surface area contributed by atoms with Crippen LogP contribution in [-0.2, 0) is 19.5 Å². The molecular weight excluding hydrogens is 242 g/mol. The molecule has 0 aromatic carbocycles. The molecule has 0 aliphatic rings. The maximum absolute atomic E-state index is 4.55. The van der Waals surface area contributed by atoms with Gasteiger partial charge in [0, 0.05) is 23.7 Å². The first-order valence-corrected chi connectivity index (χ1v) is 7.36. The average Bonchev–Trinajstić information content (AvgIpc) is 2.96. The van der Waals surface area contributed by atoms with Crippen LogP contribution in [0.3, 0.4) is 0 Å². The Morgan fingerprint density at radius 1 is 1.39 bits per heavy atom. The van der Waals surface area contributed by atoms with E-state index in [0.29, 0.717) is 0 Å². The van der Waals surface area contributed by atoms with Gasteiger partial charge in [0.1, 0.15) is 0 Å². The number of aromatic nitrogens is 2. The van der Waals surface area contributed by atoms with E-state index in [1.165, 1.54) is 21.8 Å². The van der Waals surface area contributed by atoms with Crippen LogP contribution >= 0.6 is 11.3 Å². The van der Waals surface area contributed by atoms with Gasteiger partial charge in [-0.2, -0.15) is 5.10 Å². The van der Waals surface area contributed by atoms with E-state index in [1.807, 2.05) is 0 Å². The highest BCUT2D eigenvalue weighted by Gasteiger charge is 2.09. The molecule has 0 spiro atoms. The molecule has 0 aliphatic carbocycles. The highest BCUT2D eigenvalue weighted by atomic mass is 32.1. The van der Waals surface area contributed by atoms with Crippen LogP contribution in [0.25, 0.3) is 0 Å². The van der Waals surface area contributed by atoms with Crippen molar-refractivity contribution in [2.45, 2.75) is 40.3 Å². The standard InChI is InChI=1S/C14H21N3S/c1-4-17-12(3)14(11(2)16-17)7-8-15-10-13-6-5-9-18-13/h5-6,9,15H,4,7-8,10H2,1-3H3. The third-order valence-electron chi connectivity index (χ3n) is 3.26.